The van der Waals surface area contributed by atoms with Crippen molar-refractivity contribution in [1.82, 2.24) is 50.0 Å². The van der Waals surface area contributed by atoms with Gasteiger partial charge in [-0.15, -0.1) is 0 Å². The van der Waals surface area contributed by atoms with Crippen molar-refractivity contribution >= 4 is 28.6 Å². The summed E-state index contributed by atoms with van der Waals surface area (Å²) in [4.78, 5) is 27.2. The van der Waals surface area contributed by atoms with Crippen LogP contribution in [0.4, 0.5) is 16.0 Å². The van der Waals surface area contributed by atoms with Gasteiger partial charge in [0.25, 0.3) is 0 Å². The summed E-state index contributed by atoms with van der Waals surface area (Å²) >= 11 is 0. The Morgan fingerprint density at radius 3 is 2.81 bits per heavy atom. The molecule has 5 aromatic rings. The summed E-state index contributed by atoms with van der Waals surface area (Å²) in [5, 5.41) is 21.8. The number of aromatic nitrogens is 9. The summed E-state index contributed by atoms with van der Waals surface area (Å²) in [7, 11) is 1.57. The number of rotatable bonds is 8. The monoisotopic (exact) mass is 576 g/mol. The van der Waals surface area contributed by atoms with Crippen molar-refractivity contribution < 1.29 is 18.0 Å². The van der Waals surface area contributed by atoms with Crippen LogP contribution in [0.3, 0.4) is 0 Å². The predicted octanol–water partition coefficient (Wildman–Crippen LogP) is 3.63. The van der Waals surface area contributed by atoms with Crippen molar-refractivity contribution in [3.63, 3.8) is 0 Å². The Morgan fingerprint density at radius 2 is 2.12 bits per heavy atom. The van der Waals surface area contributed by atoms with Gasteiger partial charge in [0.1, 0.15) is 11.6 Å². The summed E-state index contributed by atoms with van der Waals surface area (Å²) in [6, 6.07) is 4.98. The first kappa shape index (κ1) is 23.9. The van der Waals surface area contributed by atoms with E-state index in [4.69, 9.17) is 13.8 Å². The number of methoxy groups -OCH3 is 1. The van der Waals surface area contributed by atoms with Crippen LogP contribution >= 0.6 is 0 Å². The number of hydrogen-bond donors (Lipinski definition) is 3. The van der Waals surface area contributed by atoms with Crippen molar-refractivity contribution in [2.45, 2.75) is 51.2 Å². The molecule has 13 nitrogen and oxygen atoms in total. The zero-order valence-corrected chi connectivity index (χ0v) is 23.2. The second-order valence-corrected chi connectivity index (χ2v) is 10.5. The Balaban J connectivity index is 1.19. The van der Waals surface area contributed by atoms with Gasteiger partial charge in [0.15, 0.2) is 23.1 Å². The normalized spacial score (nSPS) is 21.0. The third kappa shape index (κ3) is 5.44. The number of H-pyrrole nitrogens is 1. The molecule has 0 saturated heterocycles. The van der Waals surface area contributed by atoms with Crippen molar-refractivity contribution in [2.75, 3.05) is 12.4 Å². The maximum absolute atomic E-state index is 13.4. The molecule has 5 aromatic heterocycles. The molecular formula is C28H32FN11O2. The molecule has 1 amide bonds. The highest BCUT2D eigenvalue weighted by Gasteiger charge is 2.37. The average Bonchev–Trinajstić information content (AvgIpc) is 3.76. The number of anilines is 2. The van der Waals surface area contributed by atoms with Crippen LogP contribution in [0.15, 0.2) is 43.0 Å². The number of halogens is 1. The Labute approximate surface area is 245 Å². The molecule has 218 valence electrons. The lowest BCUT2D eigenvalue weighted by Crippen LogP contribution is -2.42. The summed E-state index contributed by atoms with van der Waals surface area (Å²) in [6.45, 7) is 1.19. The number of pyridine rings is 1. The molecule has 5 heterocycles. The van der Waals surface area contributed by atoms with Crippen molar-refractivity contribution in [3.8, 4) is 5.82 Å². The Bertz CT molecular complexity index is 1820. The highest BCUT2D eigenvalue weighted by Crippen LogP contribution is 2.38. The molecule has 3 N–H and O–H groups in total. The van der Waals surface area contributed by atoms with Gasteiger partial charge in [-0.05, 0) is 44.7 Å². The van der Waals surface area contributed by atoms with E-state index in [1.165, 1.54) is 17.1 Å². The number of aromatic amines is 1. The molecule has 0 unspecified atom stereocenters. The number of nitrogens with one attached hydrogen (secondary N) is 3. The van der Waals surface area contributed by atoms with Gasteiger partial charge in [0.05, 0.1) is 42.0 Å². The van der Waals surface area contributed by atoms with Crippen LogP contribution in [0.5, 0.6) is 0 Å². The topological polar surface area (TPSA) is 153 Å². The van der Waals surface area contributed by atoms with E-state index in [1.54, 1.807) is 25.4 Å². The lowest BCUT2D eigenvalue weighted by atomic mass is 9.78. The van der Waals surface area contributed by atoms with E-state index in [2.05, 4.69) is 41.0 Å². The van der Waals surface area contributed by atoms with Crippen molar-refractivity contribution in [2.24, 2.45) is 12.9 Å². The molecule has 0 aromatic carbocycles. The molecule has 0 spiro atoms. The molecule has 4 atom stereocenters. The molecule has 1 saturated carbocycles. The van der Waals surface area contributed by atoms with E-state index >= 15 is 0 Å². The van der Waals surface area contributed by atoms with Crippen LogP contribution < -0.4 is 10.6 Å². The fourth-order valence-electron chi connectivity index (χ4n) is 5.35. The van der Waals surface area contributed by atoms with Crippen LogP contribution in [0.25, 0.3) is 16.9 Å². The number of carbonyl (C=O) groups is 1. The van der Waals surface area contributed by atoms with Crippen molar-refractivity contribution in [3.05, 3.63) is 65.9 Å². The van der Waals surface area contributed by atoms with Crippen LogP contribution in [0, 0.1) is 18.7 Å². The second kappa shape index (κ2) is 11.3. The molecule has 0 aliphatic heterocycles. The minimum absolute atomic E-state index is 0.154. The zero-order chi connectivity index (χ0) is 31.9. The maximum atomic E-state index is 13.4. The van der Waals surface area contributed by atoms with Gasteiger partial charge in [-0.25, -0.2) is 24.0 Å². The third-order valence-corrected chi connectivity index (χ3v) is 7.61. The van der Waals surface area contributed by atoms with E-state index in [9.17, 15) is 9.18 Å². The molecular weight excluding hydrogens is 541 g/mol. The van der Waals surface area contributed by atoms with Crippen molar-refractivity contribution in [1.29, 1.82) is 0 Å². The lowest BCUT2D eigenvalue weighted by molar-refractivity contribution is -0.132. The van der Waals surface area contributed by atoms with Crippen LogP contribution in [-0.2, 0) is 16.5 Å². The first-order valence-corrected chi connectivity index (χ1v) is 13.5. The number of nitrogens with zero attached hydrogens (tertiary/aromatic N) is 8. The molecule has 42 heavy (non-hydrogen) atoms. The SMILES string of the molecule is [2H]C([2H])([2H])n1ncc2c(Nc3cc(C)[nH]n3)nc([C@@H]3CC[C@H](C(=O)N[C@@H](C)c4ccc(-n5cc(F)cn5)nc4)[C@@H](OC)C3)nc21. The van der Waals surface area contributed by atoms with Gasteiger partial charge >= 0.3 is 0 Å². The zero-order valence-electron chi connectivity index (χ0n) is 26.2. The van der Waals surface area contributed by atoms with E-state index < -0.39 is 24.8 Å². The van der Waals surface area contributed by atoms with E-state index in [1.807, 2.05) is 19.9 Å². The Hall–Kier alpha value is -4.72. The number of carbonyl (C=O) groups excluding carboxylic acids is 1. The molecule has 6 rings (SSSR count). The van der Waals surface area contributed by atoms with Gasteiger partial charge in [-0.3, -0.25) is 14.6 Å². The number of amides is 1. The number of hydrogen-bond acceptors (Lipinski definition) is 9. The molecule has 0 bridgehead atoms. The van der Waals surface area contributed by atoms with Gasteiger partial charge in [0, 0.05) is 42.1 Å². The molecule has 1 aliphatic rings. The first-order chi connectivity index (χ1) is 21.5. The molecule has 1 aliphatic carbocycles. The number of aryl methyl sites for hydroxylation is 2. The van der Waals surface area contributed by atoms with Crippen LogP contribution in [0.2, 0.25) is 0 Å². The van der Waals surface area contributed by atoms with Gasteiger partial charge in [-0.1, -0.05) is 6.07 Å². The average molecular weight is 577 g/mol. The minimum atomic E-state index is -2.54. The standard InChI is InChI=1S/C28H32FN11O2/c1-15-9-23(38-37-15)34-26-21-13-31-39(3)27(21)36-25(35-26)17-5-7-20(22(10-17)42-4)28(41)33-16(2)18-6-8-24(30-11-18)40-14-19(29)12-32-40/h6,8-9,11-14,16-17,20,22H,5,7,10H2,1-4H3,(H,33,41)(H2,34,35,36,37,38)/t16-,17+,20-,22-/m0/s1/i3D3. The molecule has 14 heteroatoms. The highest BCUT2D eigenvalue weighted by molar-refractivity contribution is 5.88. The third-order valence-electron chi connectivity index (χ3n) is 7.61. The lowest BCUT2D eigenvalue weighted by Gasteiger charge is -2.34. The summed E-state index contributed by atoms with van der Waals surface area (Å²) in [6.07, 6.45) is 6.50. The second-order valence-electron chi connectivity index (χ2n) is 10.5. The highest BCUT2D eigenvalue weighted by atomic mass is 19.1. The predicted molar refractivity (Wildman–Crippen MR) is 152 cm³/mol. The number of ether oxygens (including phenoxy) is 1. The number of fused-ring (bicyclic) bond motifs is 1. The van der Waals surface area contributed by atoms with Gasteiger partial charge in [0.2, 0.25) is 5.91 Å². The van der Waals surface area contributed by atoms with E-state index in [-0.39, 0.29) is 23.5 Å². The quantitative estimate of drug-likeness (QED) is 0.251. The summed E-state index contributed by atoms with van der Waals surface area (Å²) < 4.78 is 45.2. The fourth-order valence-corrected chi connectivity index (χ4v) is 5.35. The molecule has 1 fully saturated rings. The van der Waals surface area contributed by atoms with Gasteiger partial charge < -0.3 is 15.4 Å². The van der Waals surface area contributed by atoms with Crippen LogP contribution in [-0.4, -0.2) is 63.8 Å². The Kier molecular flexibility index (Phi) is 6.43. The van der Waals surface area contributed by atoms with E-state index in [0.29, 0.717) is 47.9 Å². The largest absolute Gasteiger partial charge is 0.381 e. The molecule has 0 radical (unpaired) electrons. The first-order valence-electron chi connectivity index (χ1n) is 15.0. The minimum Gasteiger partial charge on any atom is -0.381 e. The fraction of sp³-hybridized carbons (Fsp3) is 0.393. The smallest absolute Gasteiger partial charge is 0.226 e. The Morgan fingerprint density at radius 1 is 1.24 bits per heavy atom. The van der Waals surface area contributed by atoms with Gasteiger partial charge in [-0.2, -0.15) is 15.3 Å². The van der Waals surface area contributed by atoms with E-state index in [0.717, 1.165) is 22.1 Å². The maximum Gasteiger partial charge on any atom is 0.226 e. The summed E-state index contributed by atoms with van der Waals surface area (Å²) in [5.74, 6) is 0.556. The summed E-state index contributed by atoms with van der Waals surface area (Å²) in [5.41, 5.74) is 1.80. The van der Waals surface area contributed by atoms with Crippen LogP contribution in [0.1, 0.15) is 59.3 Å².